The molecule has 0 heterocycles. The molecule has 1 N–H and O–H groups in total. The molecule has 1 rings (SSSR count). The lowest BCUT2D eigenvalue weighted by atomic mass is 10.3. The van der Waals surface area contributed by atoms with Gasteiger partial charge in [-0.2, -0.15) is 0 Å². The Bertz CT molecular complexity index is 478. The summed E-state index contributed by atoms with van der Waals surface area (Å²) in [5, 5.41) is 0. The van der Waals surface area contributed by atoms with E-state index in [-0.39, 0.29) is 5.75 Å². The molecule has 0 saturated carbocycles. The molecule has 0 fully saturated rings. The Morgan fingerprint density at radius 1 is 1.32 bits per heavy atom. The first-order valence-corrected chi connectivity index (χ1v) is 8.04. The normalized spacial score (nSPS) is 11.3. The van der Waals surface area contributed by atoms with Crippen molar-refractivity contribution < 1.29 is 17.9 Å². The molecule has 0 radical (unpaired) electrons. The van der Waals surface area contributed by atoms with Gasteiger partial charge in [0.1, 0.15) is 12.4 Å². The first kappa shape index (κ1) is 16.1. The molecule has 0 atom stereocenters. The number of halogens is 1. The lowest BCUT2D eigenvalue weighted by Crippen LogP contribution is -2.17. The van der Waals surface area contributed by atoms with Crippen molar-refractivity contribution in [3.8, 4) is 5.75 Å². The van der Waals surface area contributed by atoms with Gasteiger partial charge in [-0.15, -0.1) is 11.6 Å². The van der Waals surface area contributed by atoms with E-state index in [1.807, 2.05) is 0 Å². The number of methoxy groups -OCH3 is 1. The van der Waals surface area contributed by atoms with Crippen molar-refractivity contribution in [2.45, 2.75) is 6.42 Å². The van der Waals surface area contributed by atoms with Gasteiger partial charge in [0.05, 0.1) is 18.0 Å². The van der Waals surface area contributed by atoms with Gasteiger partial charge >= 0.3 is 0 Å². The summed E-state index contributed by atoms with van der Waals surface area (Å²) >= 11 is 5.48. The summed E-state index contributed by atoms with van der Waals surface area (Å²) in [5.74, 6) is 0.918. The topological polar surface area (TPSA) is 64.6 Å². The minimum atomic E-state index is -3.35. The summed E-state index contributed by atoms with van der Waals surface area (Å²) in [6.45, 7) is 0.893. The number of sulfonamides is 1. The molecule has 1 aromatic carbocycles. The van der Waals surface area contributed by atoms with Crippen LogP contribution in [0.5, 0.6) is 5.75 Å². The van der Waals surface area contributed by atoms with Crippen molar-refractivity contribution >= 4 is 27.3 Å². The van der Waals surface area contributed by atoms with Crippen molar-refractivity contribution in [1.82, 2.24) is 0 Å². The highest BCUT2D eigenvalue weighted by Crippen LogP contribution is 2.18. The molecule has 0 spiro atoms. The number of alkyl halides is 1. The summed E-state index contributed by atoms with van der Waals surface area (Å²) < 4.78 is 36.2. The Hall–Kier alpha value is -0.980. The molecule has 0 aliphatic heterocycles. The molecule has 108 valence electrons. The van der Waals surface area contributed by atoms with E-state index in [4.69, 9.17) is 21.1 Å². The van der Waals surface area contributed by atoms with E-state index in [0.717, 1.165) is 0 Å². The Morgan fingerprint density at radius 3 is 2.79 bits per heavy atom. The molecular formula is C12H18ClNO4S. The van der Waals surface area contributed by atoms with Gasteiger partial charge in [0, 0.05) is 19.1 Å². The molecule has 1 aromatic rings. The maximum Gasteiger partial charge on any atom is 0.232 e. The van der Waals surface area contributed by atoms with Gasteiger partial charge in [-0.25, -0.2) is 8.42 Å². The van der Waals surface area contributed by atoms with Crippen LogP contribution in [0.25, 0.3) is 0 Å². The molecule has 7 heteroatoms. The van der Waals surface area contributed by atoms with Crippen LogP contribution in [0.15, 0.2) is 24.3 Å². The second-order valence-corrected chi connectivity index (χ2v) is 6.05. The van der Waals surface area contributed by atoms with Gasteiger partial charge in [0.25, 0.3) is 0 Å². The van der Waals surface area contributed by atoms with Crippen LogP contribution in [0, 0.1) is 0 Å². The molecule has 0 amide bonds. The first-order valence-electron chi connectivity index (χ1n) is 5.85. The predicted molar refractivity (Wildman–Crippen MR) is 76.6 cm³/mol. The molecule has 5 nitrogen and oxygen atoms in total. The average molecular weight is 308 g/mol. The van der Waals surface area contributed by atoms with E-state index in [0.29, 0.717) is 37.0 Å². The van der Waals surface area contributed by atoms with Crippen molar-refractivity contribution in [1.29, 1.82) is 0 Å². The van der Waals surface area contributed by atoms with Crippen LogP contribution in [-0.4, -0.2) is 40.4 Å². The molecule has 0 bridgehead atoms. The number of ether oxygens (including phenoxy) is 2. The standard InChI is InChI=1S/C12H18ClNO4S/c1-17-7-8-18-12-5-2-4-11(10-12)14-19(15,16)9-3-6-13/h2,4-5,10,14H,3,6-9H2,1H3. The van der Waals surface area contributed by atoms with E-state index in [1.165, 1.54) is 0 Å². The minimum Gasteiger partial charge on any atom is -0.491 e. The Balaban J connectivity index is 2.61. The maximum absolute atomic E-state index is 11.7. The highest BCUT2D eigenvalue weighted by Gasteiger charge is 2.10. The number of hydrogen-bond donors (Lipinski definition) is 1. The van der Waals surface area contributed by atoms with Crippen LogP contribution in [0.3, 0.4) is 0 Å². The number of hydrogen-bond acceptors (Lipinski definition) is 4. The molecule has 0 aromatic heterocycles. The van der Waals surface area contributed by atoms with Crippen LogP contribution in [0.4, 0.5) is 5.69 Å². The lowest BCUT2D eigenvalue weighted by molar-refractivity contribution is 0.146. The third-order valence-electron chi connectivity index (χ3n) is 2.21. The van der Waals surface area contributed by atoms with Gasteiger partial charge < -0.3 is 9.47 Å². The van der Waals surface area contributed by atoms with Crippen LogP contribution >= 0.6 is 11.6 Å². The number of rotatable bonds is 9. The highest BCUT2D eigenvalue weighted by molar-refractivity contribution is 7.92. The average Bonchev–Trinajstić information content (AvgIpc) is 2.37. The van der Waals surface area contributed by atoms with Crippen molar-refractivity contribution in [3.05, 3.63) is 24.3 Å². The second kappa shape index (κ2) is 8.24. The monoisotopic (exact) mass is 307 g/mol. The quantitative estimate of drug-likeness (QED) is 0.560. The first-order chi connectivity index (χ1) is 9.07. The van der Waals surface area contributed by atoms with Crippen LogP contribution in [-0.2, 0) is 14.8 Å². The molecule has 0 aliphatic rings. The Morgan fingerprint density at radius 2 is 2.11 bits per heavy atom. The van der Waals surface area contributed by atoms with Crippen molar-refractivity contribution in [2.24, 2.45) is 0 Å². The van der Waals surface area contributed by atoms with Gasteiger partial charge in [-0.1, -0.05) is 6.07 Å². The zero-order chi connectivity index (χ0) is 14.1. The number of benzene rings is 1. The van der Waals surface area contributed by atoms with Gasteiger partial charge in [0.2, 0.25) is 10.0 Å². The van der Waals surface area contributed by atoms with E-state index in [2.05, 4.69) is 4.72 Å². The van der Waals surface area contributed by atoms with Crippen molar-refractivity contribution in [2.75, 3.05) is 36.7 Å². The summed E-state index contributed by atoms with van der Waals surface area (Å²) in [4.78, 5) is 0. The summed E-state index contributed by atoms with van der Waals surface area (Å²) in [7, 11) is -1.77. The van der Waals surface area contributed by atoms with E-state index in [1.54, 1.807) is 31.4 Å². The summed E-state index contributed by atoms with van der Waals surface area (Å²) in [6.07, 6.45) is 0.418. The lowest BCUT2D eigenvalue weighted by Gasteiger charge is -2.10. The molecule has 0 aliphatic carbocycles. The Kier molecular flexibility index (Phi) is 6.97. The summed E-state index contributed by atoms with van der Waals surface area (Å²) in [5.41, 5.74) is 0.476. The number of anilines is 1. The molecular weight excluding hydrogens is 290 g/mol. The fraction of sp³-hybridized carbons (Fsp3) is 0.500. The Labute approximate surface area is 118 Å². The predicted octanol–water partition coefficient (Wildman–Crippen LogP) is 2.08. The fourth-order valence-electron chi connectivity index (χ4n) is 1.37. The van der Waals surface area contributed by atoms with Gasteiger partial charge in [-0.05, 0) is 18.6 Å². The highest BCUT2D eigenvalue weighted by atomic mass is 35.5. The van der Waals surface area contributed by atoms with E-state index < -0.39 is 10.0 Å². The largest absolute Gasteiger partial charge is 0.491 e. The third kappa shape index (κ3) is 6.66. The SMILES string of the molecule is COCCOc1cccc(NS(=O)(=O)CCCCl)c1. The van der Waals surface area contributed by atoms with Gasteiger partial charge in [0.15, 0.2) is 0 Å². The van der Waals surface area contributed by atoms with Crippen LogP contribution in [0.2, 0.25) is 0 Å². The van der Waals surface area contributed by atoms with Crippen molar-refractivity contribution in [3.63, 3.8) is 0 Å². The third-order valence-corrected chi connectivity index (χ3v) is 3.85. The zero-order valence-electron chi connectivity index (χ0n) is 10.8. The molecule has 0 unspecified atom stereocenters. The van der Waals surface area contributed by atoms with Crippen LogP contribution in [0.1, 0.15) is 6.42 Å². The minimum absolute atomic E-state index is 0.00522. The second-order valence-electron chi connectivity index (χ2n) is 3.83. The van der Waals surface area contributed by atoms with Gasteiger partial charge in [-0.3, -0.25) is 4.72 Å². The maximum atomic E-state index is 11.7. The van der Waals surface area contributed by atoms with Crippen LogP contribution < -0.4 is 9.46 Å². The smallest absolute Gasteiger partial charge is 0.232 e. The molecule has 19 heavy (non-hydrogen) atoms. The van der Waals surface area contributed by atoms with E-state index >= 15 is 0 Å². The zero-order valence-corrected chi connectivity index (χ0v) is 12.3. The summed E-state index contributed by atoms with van der Waals surface area (Å²) in [6, 6.07) is 6.78. The fourth-order valence-corrected chi connectivity index (χ4v) is 2.77. The molecule has 0 saturated heterocycles. The van der Waals surface area contributed by atoms with E-state index in [9.17, 15) is 8.42 Å². The number of nitrogens with one attached hydrogen (secondary N) is 1.